The Morgan fingerprint density at radius 1 is 1.39 bits per heavy atom. The molecule has 2 heterocycles. The molecule has 0 fully saturated rings. The van der Waals surface area contributed by atoms with Crippen LogP contribution in [0.2, 0.25) is 0 Å². The van der Waals surface area contributed by atoms with Crippen LogP contribution in [0.25, 0.3) is 0 Å². The third-order valence-corrected chi connectivity index (χ3v) is 5.28. The summed E-state index contributed by atoms with van der Waals surface area (Å²) < 4.78 is 0.905. The number of hydrogen-bond donors (Lipinski definition) is 2. The van der Waals surface area contributed by atoms with Crippen molar-refractivity contribution in [1.82, 2.24) is 5.32 Å². The van der Waals surface area contributed by atoms with Gasteiger partial charge in [-0.15, -0.1) is 11.3 Å². The van der Waals surface area contributed by atoms with Crippen molar-refractivity contribution in [3.05, 3.63) is 50.6 Å². The van der Waals surface area contributed by atoms with E-state index in [0.29, 0.717) is 6.54 Å². The van der Waals surface area contributed by atoms with Crippen molar-refractivity contribution in [2.24, 2.45) is 0 Å². The van der Waals surface area contributed by atoms with Gasteiger partial charge in [0.2, 0.25) is 11.8 Å². The van der Waals surface area contributed by atoms with Crippen LogP contribution in [0.5, 0.6) is 0 Å². The number of nitrogens with one attached hydrogen (secondary N) is 2. The second-order valence-corrected chi connectivity index (χ2v) is 7.46. The molecular formula is C17H17BrN2O2S. The topological polar surface area (TPSA) is 58.2 Å². The third-order valence-electron chi connectivity index (χ3n) is 3.85. The van der Waals surface area contributed by atoms with E-state index in [1.165, 1.54) is 4.88 Å². The summed E-state index contributed by atoms with van der Waals surface area (Å²) in [5, 5.41) is 7.84. The fourth-order valence-electron chi connectivity index (χ4n) is 2.72. The largest absolute Gasteiger partial charge is 0.356 e. The highest BCUT2D eigenvalue weighted by atomic mass is 79.9. The minimum atomic E-state index is -0.419. The van der Waals surface area contributed by atoms with Crippen LogP contribution < -0.4 is 10.6 Å². The molecule has 1 atom stereocenters. The van der Waals surface area contributed by atoms with Crippen molar-refractivity contribution in [3.8, 4) is 0 Å². The number of hydrogen-bond acceptors (Lipinski definition) is 3. The van der Waals surface area contributed by atoms with Crippen LogP contribution in [0, 0.1) is 0 Å². The lowest BCUT2D eigenvalue weighted by Gasteiger charge is -2.25. The van der Waals surface area contributed by atoms with Crippen molar-refractivity contribution in [1.29, 1.82) is 0 Å². The monoisotopic (exact) mass is 392 g/mol. The Balaban J connectivity index is 1.61. The SMILES string of the molecule is O=C1CC(C(=O)NCCCc2cccs2)c2cc(Br)ccc2N1. The average Bonchev–Trinajstić information content (AvgIpc) is 3.04. The molecule has 2 aromatic rings. The lowest BCUT2D eigenvalue weighted by molar-refractivity contribution is -0.126. The zero-order valence-electron chi connectivity index (χ0n) is 12.5. The molecule has 0 radical (unpaired) electrons. The maximum absolute atomic E-state index is 12.5. The van der Waals surface area contributed by atoms with Crippen molar-refractivity contribution < 1.29 is 9.59 Å². The van der Waals surface area contributed by atoms with Crippen LogP contribution in [-0.2, 0) is 16.0 Å². The van der Waals surface area contributed by atoms with E-state index in [0.717, 1.165) is 28.6 Å². The normalized spacial score (nSPS) is 16.6. The van der Waals surface area contributed by atoms with E-state index in [-0.39, 0.29) is 18.2 Å². The predicted molar refractivity (Wildman–Crippen MR) is 95.8 cm³/mol. The number of rotatable bonds is 5. The quantitative estimate of drug-likeness (QED) is 0.762. The summed E-state index contributed by atoms with van der Waals surface area (Å²) >= 11 is 5.16. The Hall–Kier alpha value is -1.66. The second-order valence-electron chi connectivity index (χ2n) is 5.51. The van der Waals surface area contributed by atoms with Crippen molar-refractivity contribution in [3.63, 3.8) is 0 Å². The van der Waals surface area contributed by atoms with Gasteiger partial charge >= 0.3 is 0 Å². The maximum atomic E-state index is 12.5. The van der Waals surface area contributed by atoms with Gasteiger partial charge in [0.15, 0.2) is 0 Å². The molecule has 6 heteroatoms. The first-order valence-corrected chi connectivity index (χ1v) is 9.20. The number of carbonyl (C=O) groups excluding carboxylic acids is 2. The molecule has 0 aliphatic carbocycles. The van der Waals surface area contributed by atoms with Crippen LogP contribution >= 0.6 is 27.3 Å². The molecule has 1 aliphatic heterocycles. The molecular weight excluding hydrogens is 376 g/mol. The van der Waals surface area contributed by atoms with E-state index >= 15 is 0 Å². The van der Waals surface area contributed by atoms with E-state index in [4.69, 9.17) is 0 Å². The van der Waals surface area contributed by atoms with Crippen LogP contribution in [0.4, 0.5) is 5.69 Å². The molecule has 2 amide bonds. The summed E-state index contributed by atoms with van der Waals surface area (Å²) in [6.45, 7) is 0.623. The summed E-state index contributed by atoms with van der Waals surface area (Å²) in [4.78, 5) is 25.6. The Morgan fingerprint density at radius 2 is 2.26 bits per heavy atom. The number of aryl methyl sites for hydroxylation is 1. The summed E-state index contributed by atoms with van der Waals surface area (Å²) in [6, 6.07) is 9.73. The van der Waals surface area contributed by atoms with E-state index in [9.17, 15) is 9.59 Å². The molecule has 1 aromatic carbocycles. The van der Waals surface area contributed by atoms with Gasteiger partial charge < -0.3 is 10.6 Å². The molecule has 23 heavy (non-hydrogen) atoms. The first-order chi connectivity index (χ1) is 11.1. The predicted octanol–water partition coefficient (Wildman–Crippen LogP) is 3.69. The summed E-state index contributed by atoms with van der Waals surface area (Å²) in [6.07, 6.45) is 2.06. The van der Waals surface area contributed by atoms with E-state index in [1.54, 1.807) is 11.3 Å². The summed E-state index contributed by atoms with van der Waals surface area (Å²) in [7, 11) is 0. The smallest absolute Gasteiger partial charge is 0.228 e. The fraction of sp³-hybridized carbons (Fsp3) is 0.294. The fourth-order valence-corrected chi connectivity index (χ4v) is 3.85. The van der Waals surface area contributed by atoms with Gasteiger partial charge in [0.25, 0.3) is 0 Å². The van der Waals surface area contributed by atoms with Crippen molar-refractivity contribution in [2.45, 2.75) is 25.2 Å². The van der Waals surface area contributed by atoms with Gasteiger partial charge in [-0.3, -0.25) is 9.59 Å². The molecule has 1 aliphatic rings. The lowest BCUT2D eigenvalue weighted by atomic mass is 9.90. The molecule has 120 valence electrons. The Kier molecular flexibility index (Phi) is 5.13. The van der Waals surface area contributed by atoms with Gasteiger partial charge in [0.1, 0.15) is 0 Å². The van der Waals surface area contributed by atoms with Crippen molar-refractivity contribution in [2.75, 3.05) is 11.9 Å². The Bertz CT molecular complexity index is 715. The summed E-state index contributed by atoms with van der Waals surface area (Å²) in [5.41, 5.74) is 1.60. The molecule has 3 rings (SSSR count). The van der Waals surface area contributed by atoms with Gasteiger partial charge in [-0.2, -0.15) is 0 Å². The molecule has 0 saturated heterocycles. The maximum Gasteiger partial charge on any atom is 0.228 e. The number of amides is 2. The van der Waals surface area contributed by atoms with Gasteiger partial charge in [-0.1, -0.05) is 22.0 Å². The lowest BCUT2D eigenvalue weighted by Crippen LogP contribution is -2.35. The second kappa shape index (κ2) is 7.27. The Labute approximate surface area is 147 Å². The van der Waals surface area contributed by atoms with Crippen LogP contribution in [0.15, 0.2) is 40.2 Å². The molecule has 0 bridgehead atoms. The first-order valence-electron chi connectivity index (χ1n) is 7.53. The number of carbonyl (C=O) groups is 2. The molecule has 1 aromatic heterocycles. The summed E-state index contributed by atoms with van der Waals surface area (Å²) in [5.74, 6) is -0.609. The molecule has 4 nitrogen and oxygen atoms in total. The highest BCUT2D eigenvalue weighted by Gasteiger charge is 2.30. The van der Waals surface area contributed by atoms with Gasteiger partial charge in [-0.25, -0.2) is 0 Å². The van der Waals surface area contributed by atoms with Crippen LogP contribution in [-0.4, -0.2) is 18.4 Å². The molecule has 0 saturated carbocycles. The number of halogens is 1. The third kappa shape index (κ3) is 4.00. The highest BCUT2D eigenvalue weighted by molar-refractivity contribution is 9.10. The van der Waals surface area contributed by atoms with E-state index in [1.807, 2.05) is 24.3 Å². The number of thiophene rings is 1. The minimum Gasteiger partial charge on any atom is -0.356 e. The molecule has 2 N–H and O–H groups in total. The van der Waals surface area contributed by atoms with Crippen LogP contribution in [0.1, 0.15) is 29.2 Å². The standard InChI is InChI=1S/C17H17BrN2O2S/c18-11-5-6-15-13(9-11)14(10-16(21)20-15)17(22)19-7-1-3-12-4-2-8-23-12/h2,4-6,8-9,14H,1,3,7,10H2,(H,19,22)(H,20,21). The number of benzene rings is 1. The number of anilines is 1. The molecule has 0 spiro atoms. The first kappa shape index (κ1) is 16.2. The van der Waals surface area contributed by atoms with Gasteiger partial charge in [0.05, 0.1) is 5.92 Å². The van der Waals surface area contributed by atoms with Gasteiger partial charge in [-0.05, 0) is 48.1 Å². The van der Waals surface area contributed by atoms with E-state index in [2.05, 4.69) is 38.0 Å². The van der Waals surface area contributed by atoms with E-state index < -0.39 is 5.92 Å². The highest BCUT2D eigenvalue weighted by Crippen LogP contribution is 2.34. The average molecular weight is 393 g/mol. The van der Waals surface area contributed by atoms with Gasteiger partial charge in [0, 0.05) is 28.0 Å². The molecule has 1 unspecified atom stereocenters. The van der Waals surface area contributed by atoms with Crippen LogP contribution in [0.3, 0.4) is 0 Å². The van der Waals surface area contributed by atoms with Crippen molar-refractivity contribution >= 4 is 44.8 Å². The Morgan fingerprint density at radius 3 is 3.04 bits per heavy atom. The minimum absolute atomic E-state index is 0.0784. The number of fused-ring (bicyclic) bond motifs is 1. The zero-order valence-corrected chi connectivity index (χ0v) is 14.9. The zero-order chi connectivity index (χ0) is 16.2.